The first kappa shape index (κ1) is 14.6. The van der Waals surface area contributed by atoms with Crippen LogP contribution in [0.3, 0.4) is 0 Å². The van der Waals surface area contributed by atoms with E-state index in [-0.39, 0.29) is 11.9 Å². The van der Waals surface area contributed by atoms with E-state index in [1.807, 2.05) is 37.3 Å². The molecule has 0 radical (unpaired) electrons. The maximum Gasteiger partial charge on any atom is 0.326 e. The highest BCUT2D eigenvalue weighted by Crippen LogP contribution is 2.25. The SMILES string of the molecule is C[C@@H]1CC[C@@H](C(=O)O)N1C(=O)CCCc1ccccc1. The van der Waals surface area contributed by atoms with Crippen molar-refractivity contribution >= 4 is 11.9 Å². The molecule has 0 spiro atoms. The molecule has 0 aromatic heterocycles. The molecule has 1 saturated heterocycles. The lowest BCUT2D eigenvalue weighted by Gasteiger charge is -2.26. The minimum Gasteiger partial charge on any atom is -0.480 e. The van der Waals surface area contributed by atoms with E-state index < -0.39 is 12.0 Å². The van der Waals surface area contributed by atoms with Gasteiger partial charge in [-0.15, -0.1) is 0 Å². The van der Waals surface area contributed by atoms with Gasteiger partial charge in [0.1, 0.15) is 6.04 Å². The molecular formula is C16H21NO3. The molecule has 108 valence electrons. The second-order valence-electron chi connectivity index (χ2n) is 5.42. The Hall–Kier alpha value is -1.84. The molecule has 0 bridgehead atoms. The first-order valence-electron chi connectivity index (χ1n) is 7.17. The number of benzene rings is 1. The zero-order valence-electron chi connectivity index (χ0n) is 11.8. The van der Waals surface area contributed by atoms with Crippen LogP contribution in [0.25, 0.3) is 0 Å². The predicted octanol–water partition coefficient (Wildman–Crippen LogP) is 2.47. The van der Waals surface area contributed by atoms with Gasteiger partial charge in [0.05, 0.1) is 0 Å². The van der Waals surface area contributed by atoms with Crippen molar-refractivity contribution in [2.45, 2.75) is 51.1 Å². The fourth-order valence-corrected chi connectivity index (χ4v) is 2.86. The van der Waals surface area contributed by atoms with E-state index in [4.69, 9.17) is 5.11 Å². The second-order valence-corrected chi connectivity index (χ2v) is 5.42. The Morgan fingerprint density at radius 2 is 1.95 bits per heavy atom. The number of carbonyl (C=O) groups is 2. The highest BCUT2D eigenvalue weighted by molar-refractivity contribution is 5.84. The largest absolute Gasteiger partial charge is 0.480 e. The molecule has 2 rings (SSSR count). The highest BCUT2D eigenvalue weighted by atomic mass is 16.4. The number of amides is 1. The third-order valence-electron chi connectivity index (χ3n) is 3.94. The van der Waals surface area contributed by atoms with Crippen molar-refractivity contribution in [2.24, 2.45) is 0 Å². The lowest BCUT2D eigenvalue weighted by molar-refractivity contribution is -0.149. The third kappa shape index (κ3) is 3.38. The average molecular weight is 275 g/mol. The summed E-state index contributed by atoms with van der Waals surface area (Å²) < 4.78 is 0. The molecule has 1 aliphatic rings. The van der Waals surface area contributed by atoms with Crippen LogP contribution >= 0.6 is 0 Å². The van der Waals surface area contributed by atoms with Crippen molar-refractivity contribution in [3.8, 4) is 0 Å². The monoisotopic (exact) mass is 275 g/mol. The topological polar surface area (TPSA) is 57.6 Å². The van der Waals surface area contributed by atoms with E-state index in [2.05, 4.69) is 0 Å². The summed E-state index contributed by atoms with van der Waals surface area (Å²) in [6, 6.07) is 9.44. The fraction of sp³-hybridized carbons (Fsp3) is 0.500. The summed E-state index contributed by atoms with van der Waals surface area (Å²) in [6.07, 6.45) is 3.39. The van der Waals surface area contributed by atoms with Crippen molar-refractivity contribution in [2.75, 3.05) is 0 Å². The summed E-state index contributed by atoms with van der Waals surface area (Å²) in [5, 5.41) is 9.16. The normalized spacial score (nSPS) is 21.9. The molecule has 1 fully saturated rings. The van der Waals surface area contributed by atoms with Gasteiger partial charge >= 0.3 is 5.97 Å². The Labute approximate surface area is 119 Å². The molecule has 0 unspecified atom stereocenters. The van der Waals surface area contributed by atoms with Gasteiger partial charge in [-0.05, 0) is 38.2 Å². The predicted molar refractivity (Wildman–Crippen MR) is 76.3 cm³/mol. The number of likely N-dealkylation sites (tertiary alicyclic amines) is 1. The van der Waals surface area contributed by atoms with Crippen molar-refractivity contribution in [1.82, 2.24) is 4.90 Å². The van der Waals surface area contributed by atoms with Crippen LogP contribution in [0.5, 0.6) is 0 Å². The Balaban J connectivity index is 1.86. The molecule has 2 atom stereocenters. The molecule has 1 heterocycles. The molecule has 1 N–H and O–H groups in total. The smallest absolute Gasteiger partial charge is 0.326 e. The van der Waals surface area contributed by atoms with Crippen molar-refractivity contribution in [3.63, 3.8) is 0 Å². The molecule has 4 nitrogen and oxygen atoms in total. The molecule has 1 amide bonds. The van der Waals surface area contributed by atoms with E-state index in [0.29, 0.717) is 12.8 Å². The van der Waals surface area contributed by atoms with Crippen molar-refractivity contribution in [1.29, 1.82) is 0 Å². The quantitative estimate of drug-likeness (QED) is 0.898. The summed E-state index contributed by atoms with van der Waals surface area (Å²) in [4.78, 5) is 24.9. The van der Waals surface area contributed by atoms with Gasteiger partial charge in [0.15, 0.2) is 0 Å². The van der Waals surface area contributed by atoms with Crippen LogP contribution in [0.2, 0.25) is 0 Å². The summed E-state index contributed by atoms with van der Waals surface area (Å²) in [5.41, 5.74) is 1.21. The van der Waals surface area contributed by atoms with Crippen LogP contribution < -0.4 is 0 Å². The summed E-state index contributed by atoms with van der Waals surface area (Å²) in [6.45, 7) is 1.93. The number of carboxylic acids is 1. The van der Waals surface area contributed by atoms with E-state index in [1.165, 1.54) is 5.56 Å². The lowest BCUT2D eigenvalue weighted by Crippen LogP contribution is -2.43. The van der Waals surface area contributed by atoms with Crippen LogP contribution in [0.1, 0.15) is 38.2 Å². The van der Waals surface area contributed by atoms with Gasteiger partial charge in [-0.2, -0.15) is 0 Å². The Morgan fingerprint density at radius 3 is 2.60 bits per heavy atom. The fourth-order valence-electron chi connectivity index (χ4n) is 2.86. The Bertz CT molecular complexity index is 472. The minimum atomic E-state index is -0.884. The van der Waals surface area contributed by atoms with E-state index in [9.17, 15) is 9.59 Å². The Kier molecular flexibility index (Phi) is 4.77. The molecule has 0 aliphatic carbocycles. The van der Waals surface area contributed by atoms with Crippen LogP contribution in [-0.4, -0.2) is 34.0 Å². The van der Waals surface area contributed by atoms with Gasteiger partial charge in [0.2, 0.25) is 5.91 Å². The van der Waals surface area contributed by atoms with Crippen LogP contribution in [0.15, 0.2) is 30.3 Å². The molecule has 0 saturated carbocycles. The number of hydrogen-bond acceptors (Lipinski definition) is 2. The summed E-state index contributed by atoms with van der Waals surface area (Å²) >= 11 is 0. The molecule has 4 heteroatoms. The summed E-state index contributed by atoms with van der Waals surface area (Å²) in [7, 11) is 0. The average Bonchev–Trinajstić information content (AvgIpc) is 2.82. The second kappa shape index (κ2) is 6.55. The minimum absolute atomic E-state index is 0.0293. The number of aliphatic carboxylic acids is 1. The summed E-state index contributed by atoms with van der Waals surface area (Å²) in [5.74, 6) is -0.913. The molecular weight excluding hydrogens is 254 g/mol. The zero-order chi connectivity index (χ0) is 14.5. The Morgan fingerprint density at radius 1 is 1.25 bits per heavy atom. The van der Waals surface area contributed by atoms with Crippen molar-refractivity contribution < 1.29 is 14.7 Å². The van der Waals surface area contributed by atoms with E-state index >= 15 is 0 Å². The number of aryl methyl sites for hydroxylation is 1. The lowest BCUT2D eigenvalue weighted by atomic mass is 10.1. The number of rotatable bonds is 5. The van der Waals surface area contributed by atoms with Gasteiger partial charge in [-0.3, -0.25) is 4.79 Å². The highest BCUT2D eigenvalue weighted by Gasteiger charge is 2.38. The van der Waals surface area contributed by atoms with Crippen molar-refractivity contribution in [3.05, 3.63) is 35.9 Å². The third-order valence-corrected chi connectivity index (χ3v) is 3.94. The maximum atomic E-state index is 12.2. The van der Waals surface area contributed by atoms with Crippen LogP contribution in [-0.2, 0) is 16.0 Å². The van der Waals surface area contributed by atoms with Gasteiger partial charge in [0.25, 0.3) is 0 Å². The number of carboxylic acid groups (broad SMARTS) is 1. The van der Waals surface area contributed by atoms with Crippen LogP contribution in [0.4, 0.5) is 0 Å². The van der Waals surface area contributed by atoms with Gasteiger partial charge < -0.3 is 10.0 Å². The number of hydrogen-bond donors (Lipinski definition) is 1. The molecule has 1 aromatic rings. The van der Waals surface area contributed by atoms with Gasteiger partial charge in [-0.1, -0.05) is 30.3 Å². The first-order chi connectivity index (χ1) is 9.59. The maximum absolute atomic E-state index is 12.2. The number of nitrogens with zero attached hydrogens (tertiary/aromatic N) is 1. The number of carbonyl (C=O) groups excluding carboxylic acids is 1. The molecule has 20 heavy (non-hydrogen) atoms. The standard InChI is InChI=1S/C16H21NO3/c1-12-10-11-14(16(19)20)17(12)15(18)9-5-8-13-6-3-2-4-7-13/h2-4,6-7,12,14H,5,8-11H2,1H3,(H,19,20)/t12-,14+/m1/s1. The van der Waals surface area contributed by atoms with E-state index in [1.54, 1.807) is 4.90 Å². The molecule has 1 aromatic carbocycles. The van der Waals surface area contributed by atoms with E-state index in [0.717, 1.165) is 19.3 Å². The van der Waals surface area contributed by atoms with Crippen LogP contribution in [0, 0.1) is 0 Å². The van der Waals surface area contributed by atoms with Gasteiger partial charge in [0, 0.05) is 12.5 Å². The first-order valence-corrected chi connectivity index (χ1v) is 7.17. The van der Waals surface area contributed by atoms with Gasteiger partial charge in [-0.25, -0.2) is 4.79 Å². The molecule has 1 aliphatic heterocycles. The zero-order valence-corrected chi connectivity index (χ0v) is 11.8.